The lowest BCUT2D eigenvalue weighted by molar-refractivity contribution is -0.121. The second-order valence-electron chi connectivity index (χ2n) is 4.86. The number of thiophene rings is 1. The lowest BCUT2D eigenvalue weighted by atomic mass is 10.1. The van der Waals surface area contributed by atoms with Crippen molar-refractivity contribution in [1.82, 2.24) is 16.0 Å². The Morgan fingerprint density at radius 1 is 1.17 bits per heavy atom. The number of benzene rings is 1. The highest BCUT2D eigenvalue weighted by Crippen LogP contribution is 2.24. The maximum absolute atomic E-state index is 12.8. The van der Waals surface area contributed by atoms with Crippen LogP contribution < -0.4 is 10.9 Å². The fraction of sp³-hybridized carbons (Fsp3) is 0.0625. The number of aromatic nitrogens is 1. The summed E-state index contributed by atoms with van der Waals surface area (Å²) < 4.78 is 17.9. The molecule has 0 aliphatic carbocycles. The number of carbonyl (C=O) groups is 2. The maximum Gasteiger partial charge on any atom is 0.291 e. The number of hydrogen-bond donors (Lipinski definition) is 2. The van der Waals surface area contributed by atoms with E-state index in [1.54, 1.807) is 0 Å². The third-order valence-electron chi connectivity index (χ3n) is 3.10. The van der Waals surface area contributed by atoms with Crippen LogP contribution in [0.4, 0.5) is 4.39 Å². The van der Waals surface area contributed by atoms with Crippen LogP contribution in [0.3, 0.4) is 0 Å². The summed E-state index contributed by atoms with van der Waals surface area (Å²) in [6, 6.07) is 10.7. The van der Waals surface area contributed by atoms with Gasteiger partial charge in [0.05, 0.1) is 11.3 Å². The molecule has 0 unspecified atom stereocenters. The molecule has 2 aromatic heterocycles. The van der Waals surface area contributed by atoms with Gasteiger partial charge in [0.25, 0.3) is 5.91 Å². The molecule has 0 aliphatic heterocycles. The van der Waals surface area contributed by atoms with Crippen molar-refractivity contribution in [3.8, 4) is 10.6 Å². The molecule has 0 saturated carbocycles. The van der Waals surface area contributed by atoms with Gasteiger partial charge in [-0.3, -0.25) is 20.4 Å². The molecule has 0 aliphatic rings. The van der Waals surface area contributed by atoms with Crippen LogP contribution in [0, 0.1) is 5.82 Å². The minimum atomic E-state index is -0.589. The third-order valence-corrected chi connectivity index (χ3v) is 3.98. The van der Waals surface area contributed by atoms with Crippen molar-refractivity contribution in [3.05, 3.63) is 64.9 Å². The summed E-state index contributed by atoms with van der Waals surface area (Å²) in [6.45, 7) is 0. The van der Waals surface area contributed by atoms with Crippen molar-refractivity contribution < 1.29 is 18.5 Å². The lowest BCUT2D eigenvalue weighted by Gasteiger charge is -2.05. The molecule has 2 N–H and O–H groups in total. The SMILES string of the molecule is O=C(Cc1ccc(F)cc1)NNC(=O)c1cc(-c2cccs2)on1. The predicted octanol–water partition coefficient (Wildman–Crippen LogP) is 2.55. The van der Waals surface area contributed by atoms with Gasteiger partial charge in [-0.2, -0.15) is 0 Å². The average Bonchev–Trinajstić information content (AvgIpc) is 3.25. The molecule has 3 aromatic rings. The molecule has 0 spiro atoms. The van der Waals surface area contributed by atoms with Crippen LogP contribution >= 0.6 is 11.3 Å². The Morgan fingerprint density at radius 2 is 1.96 bits per heavy atom. The Kier molecular flexibility index (Phi) is 4.66. The third kappa shape index (κ3) is 3.85. The molecule has 1 aromatic carbocycles. The minimum absolute atomic E-state index is 0.0137. The summed E-state index contributed by atoms with van der Waals surface area (Å²) in [5.41, 5.74) is 5.22. The molecule has 0 bridgehead atoms. The smallest absolute Gasteiger partial charge is 0.291 e. The summed E-state index contributed by atoms with van der Waals surface area (Å²) in [4.78, 5) is 24.5. The van der Waals surface area contributed by atoms with Gasteiger partial charge in [0, 0.05) is 6.07 Å². The van der Waals surface area contributed by atoms with Crippen molar-refractivity contribution in [2.75, 3.05) is 0 Å². The van der Waals surface area contributed by atoms with E-state index in [1.165, 1.54) is 41.7 Å². The van der Waals surface area contributed by atoms with Crippen molar-refractivity contribution in [1.29, 1.82) is 0 Å². The Morgan fingerprint density at radius 3 is 2.67 bits per heavy atom. The van der Waals surface area contributed by atoms with E-state index < -0.39 is 11.8 Å². The Labute approximate surface area is 140 Å². The van der Waals surface area contributed by atoms with Gasteiger partial charge in [0.2, 0.25) is 5.91 Å². The first kappa shape index (κ1) is 15.9. The highest BCUT2D eigenvalue weighted by Gasteiger charge is 2.15. The summed E-state index contributed by atoms with van der Waals surface area (Å²) in [5.74, 6) is -0.918. The number of hydrogen-bond acceptors (Lipinski definition) is 5. The van der Waals surface area contributed by atoms with Crippen LogP contribution in [0.5, 0.6) is 0 Å². The number of nitrogens with zero attached hydrogens (tertiary/aromatic N) is 1. The number of nitrogens with one attached hydrogen (secondary N) is 2. The van der Waals surface area contributed by atoms with Crippen molar-refractivity contribution in [3.63, 3.8) is 0 Å². The molecular formula is C16H12FN3O3S. The molecule has 2 heterocycles. The first-order chi connectivity index (χ1) is 11.6. The first-order valence-corrected chi connectivity index (χ1v) is 7.84. The van der Waals surface area contributed by atoms with E-state index in [9.17, 15) is 14.0 Å². The van der Waals surface area contributed by atoms with E-state index in [4.69, 9.17) is 4.52 Å². The minimum Gasteiger partial charge on any atom is -0.355 e. The first-order valence-electron chi connectivity index (χ1n) is 6.96. The molecule has 2 amide bonds. The fourth-order valence-electron chi connectivity index (χ4n) is 1.94. The molecule has 122 valence electrons. The highest BCUT2D eigenvalue weighted by molar-refractivity contribution is 7.13. The summed E-state index contributed by atoms with van der Waals surface area (Å²) in [6.07, 6.45) is 0.0137. The molecular weight excluding hydrogens is 333 g/mol. The average molecular weight is 345 g/mol. The molecule has 0 atom stereocenters. The molecule has 0 saturated heterocycles. The number of rotatable bonds is 4. The molecule has 0 radical (unpaired) electrons. The molecule has 24 heavy (non-hydrogen) atoms. The molecule has 6 nitrogen and oxygen atoms in total. The zero-order valence-electron chi connectivity index (χ0n) is 12.3. The van der Waals surface area contributed by atoms with Crippen LogP contribution in [0.15, 0.2) is 52.4 Å². The maximum atomic E-state index is 12.8. The van der Waals surface area contributed by atoms with Gasteiger partial charge in [-0.05, 0) is 29.1 Å². The number of carbonyl (C=O) groups excluding carboxylic acids is 2. The van der Waals surface area contributed by atoms with Gasteiger partial charge in [-0.1, -0.05) is 23.4 Å². The van der Waals surface area contributed by atoms with Crippen LogP contribution in [0.1, 0.15) is 16.1 Å². The van der Waals surface area contributed by atoms with Crippen molar-refractivity contribution in [2.45, 2.75) is 6.42 Å². The Balaban J connectivity index is 1.53. The number of amides is 2. The highest BCUT2D eigenvalue weighted by atomic mass is 32.1. The fourth-order valence-corrected chi connectivity index (χ4v) is 2.61. The van der Waals surface area contributed by atoms with E-state index in [0.29, 0.717) is 11.3 Å². The number of hydrazine groups is 1. The molecule has 8 heteroatoms. The molecule has 3 rings (SSSR count). The van der Waals surface area contributed by atoms with E-state index in [1.807, 2.05) is 17.5 Å². The van der Waals surface area contributed by atoms with Crippen molar-refractivity contribution >= 4 is 23.2 Å². The standard InChI is InChI=1S/C16H12FN3O3S/c17-11-5-3-10(4-6-11)8-15(21)18-19-16(22)12-9-13(23-20-12)14-2-1-7-24-14/h1-7,9H,8H2,(H,18,21)(H,19,22). The van der Waals surface area contributed by atoms with Gasteiger partial charge < -0.3 is 4.52 Å². The summed E-state index contributed by atoms with van der Waals surface area (Å²) in [5, 5.41) is 5.55. The monoisotopic (exact) mass is 345 g/mol. The Hall–Kier alpha value is -3.00. The van der Waals surface area contributed by atoms with Gasteiger partial charge in [0.1, 0.15) is 5.82 Å². The second-order valence-corrected chi connectivity index (χ2v) is 5.81. The zero-order valence-corrected chi connectivity index (χ0v) is 13.1. The van der Waals surface area contributed by atoms with Gasteiger partial charge in [-0.25, -0.2) is 4.39 Å². The van der Waals surface area contributed by atoms with Crippen LogP contribution in [-0.2, 0) is 11.2 Å². The Bertz CT molecular complexity index is 844. The lowest BCUT2D eigenvalue weighted by Crippen LogP contribution is -2.42. The van der Waals surface area contributed by atoms with Gasteiger partial charge >= 0.3 is 0 Å². The largest absolute Gasteiger partial charge is 0.355 e. The van der Waals surface area contributed by atoms with Gasteiger partial charge in [-0.15, -0.1) is 11.3 Å². The van der Waals surface area contributed by atoms with E-state index in [2.05, 4.69) is 16.0 Å². The quantitative estimate of drug-likeness (QED) is 0.712. The van der Waals surface area contributed by atoms with E-state index in [-0.39, 0.29) is 17.9 Å². The van der Waals surface area contributed by atoms with E-state index >= 15 is 0 Å². The van der Waals surface area contributed by atoms with Crippen LogP contribution in [0.25, 0.3) is 10.6 Å². The van der Waals surface area contributed by atoms with Crippen LogP contribution in [-0.4, -0.2) is 17.0 Å². The normalized spacial score (nSPS) is 10.4. The van der Waals surface area contributed by atoms with Gasteiger partial charge in [0.15, 0.2) is 11.5 Å². The van der Waals surface area contributed by atoms with E-state index in [0.717, 1.165) is 4.88 Å². The number of halogens is 1. The van der Waals surface area contributed by atoms with Crippen molar-refractivity contribution in [2.24, 2.45) is 0 Å². The summed E-state index contributed by atoms with van der Waals surface area (Å²) >= 11 is 1.46. The summed E-state index contributed by atoms with van der Waals surface area (Å²) in [7, 11) is 0. The second kappa shape index (κ2) is 7.05. The molecule has 0 fully saturated rings. The zero-order chi connectivity index (χ0) is 16.9. The van der Waals surface area contributed by atoms with Crippen LogP contribution in [0.2, 0.25) is 0 Å². The predicted molar refractivity (Wildman–Crippen MR) is 85.5 cm³/mol. The topological polar surface area (TPSA) is 84.2 Å².